The maximum absolute atomic E-state index is 14.0. The number of carbonyl (C=O) groups excluding carboxylic acids is 2. The molecule has 0 radical (unpaired) electrons. The Morgan fingerprint density at radius 2 is 1.64 bits per heavy atom. The van der Waals surface area contributed by atoms with E-state index in [1.165, 1.54) is 6.42 Å². The lowest BCUT2D eigenvalue weighted by Crippen LogP contribution is -2.53. The van der Waals surface area contributed by atoms with Gasteiger partial charge in [0.1, 0.15) is 6.04 Å². The van der Waals surface area contributed by atoms with Crippen molar-refractivity contribution in [2.24, 2.45) is 0 Å². The molecule has 3 aromatic carbocycles. The molecule has 6 nitrogen and oxygen atoms in total. The van der Waals surface area contributed by atoms with Crippen molar-refractivity contribution in [3.63, 3.8) is 0 Å². The lowest BCUT2D eigenvalue weighted by Gasteiger charge is -2.34. The van der Waals surface area contributed by atoms with Crippen LogP contribution in [0.2, 0.25) is 0 Å². The maximum Gasteiger partial charge on any atom is 0.243 e. The van der Waals surface area contributed by atoms with Gasteiger partial charge in [0, 0.05) is 25.4 Å². The molecule has 3 aromatic rings. The third kappa shape index (κ3) is 6.99. The molecule has 0 spiro atoms. The third-order valence-electron chi connectivity index (χ3n) is 7.89. The first-order valence-corrected chi connectivity index (χ1v) is 14.1. The van der Waals surface area contributed by atoms with E-state index < -0.39 is 6.04 Å². The topological polar surface area (TPSA) is 67.9 Å². The number of hydrogen-bond donors (Lipinski definition) is 1. The van der Waals surface area contributed by atoms with Gasteiger partial charge < -0.3 is 19.7 Å². The van der Waals surface area contributed by atoms with E-state index in [1.807, 2.05) is 66.7 Å². The molecule has 0 unspecified atom stereocenters. The summed E-state index contributed by atoms with van der Waals surface area (Å²) in [5.41, 5.74) is 4.21. The van der Waals surface area contributed by atoms with Gasteiger partial charge in [0.25, 0.3) is 0 Å². The van der Waals surface area contributed by atoms with Gasteiger partial charge in [0.05, 0.1) is 0 Å². The smallest absolute Gasteiger partial charge is 0.243 e. The highest BCUT2D eigenvalue weighted by Gasteiger charge is 2.32. The fraction of sp³-hybridized carbons (Fsp3) is 0.394. The van der Waals surface area contributed by atoms with Crippen LogP contribution >= 0.6 is 0 Å². The minimum atomic E-state index is -0.599. The van der Waals surface area contributed by atoms with Gasteiger partial charge in [-0.05, 0) is 60.6 Å². The average Bonchev–Trinajstić information content (AvgIpc) is 3.44. The lowest BCUT2D eigenvalue weighted by molar-refractivity contribution is -0.141. The molecular weight excluding hydrogens is 488 g/mol. The Balaban J connectivity index is 1.40. The Labute approximate surface area is 231 Å². The van der Waals surface area contributed by atoms with Crippen LogP contribution in [0.3, 0.4) is 0 Å². The summed E-state index contributed by atoms with van der Waals surface area (Å²) < 4.78 is 11.0. The highest BCUT2D eigenvalue weighted by atomic mass is 16.7. The number of aryl methyl sites for hydroxylation is 2. The molecule has 1 saturated carbocycles. The van der Waals surface area contributed by atoms with Gasteiger partial charge in [-0.2, -0.15) is 0 Å². The number of hydrogen-bond acceptors (Lipinski definition) is 4. The molecule has 1 heterocycles. The number of rotatable bonds is 10. The highest BCUT2D eigenvalue weighted by Crippen LogP contribution is 2.33. The Morgan fingerprint density at radius 1 is 0.897 bits per heavy atom. The monoisotopic (exact) mass is 526 g/mol. The number of benzene rings is 3. The highest BCUT2D eigenvalue weighted by molar-refractivity contribution is 5.88. The molecule has 2 amide bonds. The molecule has 1 N–H and O–H groups in total. The zero-order valence-corrected chi connectivity index (χ0v) is 22.7. The Kier molecular flexibility index (Phi) is 8.82. The Bertz CT molecular complexity index is 1270. The Morgan fingerprint density at radius 3 is 2.44 bits per heavy atom. The first kappa shape index (κ1) is 26.8. The summed E-state index contributed by atoms with van der Waals surface area (Å²) in [6, 6.07) is 23.5. The zero-order chi connectivity index (χ0) is 27.0. The van der Waals surface area contributed by atoms with Crippen LogP contribution < -0.4 is 14.8 Å². The molecule has 0 saturated heterocycles. The number of amides is 2. The van der Waals surface area contributed by atoms with Gasteiger partial charge in [-0.15, -0.1) is 0 Å². The predicted molar refractivity (Wildman–Crippen MR) is 152 cm³/mol. The van der Waals surface area contributed by atoms with E-state index in [9.17, 15) is 9.59 Å². The first-order valence-electron chi connectivity index (χ1n) is 14.1. The van der Waals surface area contributed by atoms with Crippen molar-refractivity contribution in [1.82, 2.24) is 10.2 Å². The summed E-state index contributed by atoms with van der Waals surface area (Å²) in [6.45, 7) is 2.67. The van der Waals surface area contributed by atoms with Crippen molar-refractivity contribution < 1.29 is 19.1 Å². The zero-order valence-electron chi connectivity index (χ0n) is 22.7. The molecule has 5 rings (SSSR count). The molecule has 6 heteroatoms. The van der Waals surface area contributed by atoms with E-state index >= 15 is 0 Å². The molecule has 1 atom stereocenters. The van der Waals surface area contributed by atoms with Gasteiger partial charge in [0.15, 0.2) is 11.5 Å². The van der Waals surface area contributed by atoms with Crippen LogP contribution in [0.1, 0.15) is 60.8 Å². The SMILES string of the molecule is Cc1ccccc1CN(C(=O)CCc1ccc2c(c1)OCO2)[C@@H](Cc1ccccc1)C(=O)NC1CCCCC1. The normalized spacial score (nSPS) is 15.5. The molecule has 204 valence electrons. The van der Waals surface area contributed by atoms with E-state index in [4.69, 9.17) is 9.47 Å². The summed E-state index contributed by atoms with van der Waals surface area (Å²) in [5.74, 6) is 1.35. The summed E-state index contributed by atoms with van der Waals surface area (Å²) in [5, 5.41) is 3.31. The second kappa shape index (κ2) is 12.8. The minimum absolute atomic E-state index is 0.0318. The van der Waals surface area contributed by atoms with E-state index in [2.05, 4.69) is 18.3 Å². The molecule has 0 bridgehead atoms. The van der Waals surface area contributed by atoms with Gasteiger partial charge in [-0.3, -0.25) is 9.59 Å². The fourth-order valence-corrected chi connectivity index (χ4v) is 5.56. The fourth-order valence-electron chi connectivity index (χ4n) is 5.56. The van der Waals surface area contributed by atoms with E-state index in [0.717, 1.165) is 53.7 Å². The van der Waals surface area contributed by atoms with Crippen LogP contribution in [-0.2, 0) is 29.0 Å². The van der Waals surface area contributed by atoms with Gasteiger partial charge in [0.2, 0.25) is 18.6 Å². The molecule has 1 fully saturated rings. The molecule has 39 heavy (non-hydrogen) atoms. The molecule has 1 aliphatic carbocycles. The third-order valence-corrected chi connectivity index (χ3v) is 7.89. The van der Waals surface area contributed by atoms with Gasteiger partial charge >= 0.3 is 0 Å². The van der Waals surface area contributed by atoms with Crippen molar-refractivity contribution >= 4 is 11.8 Å². The lowest BCUT2D eigenvalue weighted by atomic mass is 9.94. The van der Waals surface area contributed by atoms with Crippen LogP contribution in [0.5, 0.6) is 11.5 Å². The molecule has 2 aliphatic rings. The van der Waals surface area contributed by atoms with Gasteiger partial charge in [-0.1, -0.05) is 79.9 Å². The predicted octanol–water partition coefficient (Wildman–Crippen LogP) is 5.75. The summed E-state index contributed by atoms with van der Waals surface area (Å²) >= 11 is 0. The number of fused-ring (bicyclic) bond motifs is 1. The molecular formula is C33H38N2O4. The van der Waals surface area contributed by atoms with Crippen LogP contribution in [0.15, 0.2) is 72.8 Å². The summed E-state index contributed by atoms with van der Waals surface area (Å²) in [4.78, 5) is 29.7. The quantitative estimate of drug-likeness (QED) is 0.366. The number of ether oxygens (including phenoxy) is 2. The summed E-state index contributed by atoms with van der Waals surface area (Å²) in [7, 11) is 0. The van der Waals surface area contributed by atoms with Crippen LogP contribution in [-0.4, -0.2) is 35.6 Å². The van der Waals surface area contributed by atoms with Crippen LogP contribution in [0.4, 0.5) is 0 Å². The Hall–Kier alpha value is -3.80. The second-order valence-corrected chi connectivity index (χ2v) is 10.7. The summed E-state index contributed by atoms with van der Waals surface area (Å²) in [6.07, 6.45) is 6.82. The molecule has 0 aromatic heterocycles. The largest absolute Gasteiger partial charge is 0.454 e. The number of nitrogens with one attached hydrogen (secondary N) is 1. The van der Waals surface area contributed by atoms with E-state index in [0.29, 0.717) is 31.6 Å². The number of carbonyl (C=O) groups is 2. The molecule has 1 aliphatic heterocycles. The average molecular weight is 527 g/mol. The van der Waals surface area contributed by atoms with Crippen molar-refractivity contribution in [2.75, 3.05) is 6.79 Å². The maximum atomic E-state index is 14.0. The van der Waals surface area contributed by atoms with Crippen LogP contribution in [0.25, 0.3) is 0 Å². The second-order valence-electron chi connectivity index (χ2n) is 10.7. The van der Waals surface area contributed by atoms with Gasteiger partial charge in [-0.25, -0.2) is 0 Å². The minimum Gasteiger partial charge on any atom is -0.454 e. The van der Waals surface area contributed by atoms with Crippen molar-refractivity contribution in [3.8, 4) is 11.5 Å². The van der Waals surface area contributed by atoms with Crippen molar-refractivity contribution in [1.29, 1.82) is 0 Å². The van der Waals surface area contributed by atoms with Crippen molar-refractivity contribution in [2.45, 2.75) is 76.9 Å². The van der Waals surface area contributed by atoms with E-state index in [-0.39, 0.29) is 24.6 Å². The van der Waals surface area contributed by atoms with E-state index in [1.54, 1.807) is 4.90 Å². The number of nitrogens with zero attached hydrogens (tertiary/aromatic N) is 1. The standard InChI is InChI=1S/C33H38N2O4/c1-24-10-8-9-13-27(24)22-35(32(36)19-17-26-16-18-30-31(21-26)39-23-38-30)29(20-25-11-4-2-5-12-25)33(37)34-28-14-6-3-7-15-28/h2,4-5,8-13,16,18,21,28-29H,3,6-7,14-15,17,19-20,22-23H2,1H3,(H,34,37)/t29-/m0/s1. The first-order chi connectivity index (χ1) is 19.1. The van der Waals surface area contributed by atoms with Crippen molar-refractivity contribution in [3.05, 3.63) is 95.1 Å². The van der Waals surface area contributed by atoms with Crippen LogP contribution in [0, 0.1) is 6.92 Å².